The first kappa shape index (κ1) is 13.1. The average molecular weight is 314 g/mol. The van der Waals surface area contributed by atoms with Crippen LogP contribution in [0.15, 0.2) is 66.7 Å². The predicted molar refractivity (Wildman–Crippen MR) is 100 cm³/mol. The van der Waals surface area contributed by atoms with E-state index in [4.69, 9.17) is 0 Å². The predicted octanol–water partition coefficient (Wildman–Crippen LogP) is 5.85. The summed E-state index contributed by atoms with van der Waals surface area (Å²) in [5, 5.41) is 17.4. The summed E-state index contributed by atoms with van der Waals surface area (Å²) in [4.78, 5) is 0. The van der Waals surface area contributed by atoms with Gasteiger partial charge in [-0.05, 0) is 33.2 Å². The molecule has 0 saturated carbocycles. The van der Waals surface area contributed by atoms with Gasteiger partial charge in [0, 0.05) is 20.2 Å². The maximum absolute atomic E-state index is 9.84. The molecule has 0 radical (unpaired) electrons. The minimum absolute atomic E-state index is 0.0755. The summed E-state index contributed by atoms with van der Waals surface area (Å²) >= 11 is 1.80. The summed E-state index contributed by atoms with van der Waals surface area (Å²) < 4.78 is 2.52. The van der Waals surface area contributed by atoms with Crippen molar-refractivity contribution >= 4 is 53.1 Å². The van der Waals surface area contributed by atoms with E-state index in [2.05, 4.69) is 66.7 Å². The molecule has 1 heterocycles. The summed E-state index contributed by atoms with van der Waals surface area (Å²) in [5.41, 5.74) is 1.02. The Morgan fingerprint density at radius 3 is 2.26 bits per heavy atom. The van der Waals surface area contributed by atoms with Gasteiger partial charge in [-0.2, -0.15) is 0 Å². The number of aliphatic hydroxyl groups excluding tert-OH is 1. The molecule has 0 saturated heterocycles. The second-order valence-electron chi connectivity index (χ2n) is 5.88. The van der Waals surface area contributed by atoms with Gasteiger partial charge in [0.1, 0.15) is 0 Å². The van der Waals surface area contributed by atoms with Crippen molar-refractivity contribution in [2.45, 2.75) is 6.61 Å². The van der Waals surface area contributed by atoms with Crippen LogP contribution >= 0.6 is 11.3 Å². The third kappa shape index (κ3) is 1.76. The van der Waals surface area contributed by atoms with E-state index in [9.17, 15) is 5.11 Å². The van der Waals surface area contributed by atoms with Crippen LogP contribution in [-0.2, 0) is 6.61 Å². The van der Waals surface area contributed by atoms with Crippen LogP contribution in [0.25, 0.3) is 41.7 Å². The van der Waals surface area contributed by atoms with E-state index in [1.807, 2.05) is 0 Å². The van der Waals surface area contributed by atoms with Crippen LogP contribution in [0.1, 0.15) is 5.56 Å². The highest BCUT2D eigenvalue weighted by Gasteiger charge is 2.14. The Labute approximate surface area is 137 Å². The van der Waals surface area contributed by atoms with Crippen molar-refractivity contribution in [3.63, 3.8) is 0 Å². The molecule has 0 aliphatic carbocycles. The molecule has 0 unspecified atom stereocenters. The SMILES string of the molecule is OCc1cc2ccccc2c2c1sc1c3ccccc3ccc12. The molecule has 0 atom stereocenters. The van der Waals surface area contributed by atoms with Crippen molar-refractivity contribution in [2.75, 3.05) is 0 Å². The van der Waals surface area contributed by atoms with Crippen LogP contribution in [0.3, 0.4) is 0 Å². The number of fused-ring (bicyclic) bond motifs is 7. The molecule has 5 aromatic rings. The van der Waals surface area contributed by atoms with Crippen LogP contribution < -0.4 is 0 Å². The third-order valence-electron chi connectivity index (χ3n) is 4.60. The normalized spacial score (nSPS) is 11.9. The molecule has 23 heavy (non-hydrogen) atoms. The lowest BCUT2D eigenvalue weighted by atomic mass is 9.99. The molecule has 1 nitrogen and oxygen atoms in total. The summed E-state index contributed by atoms with van der Waals surface area (Å²) in [6.07, 6.45) is 0. The molecule has 4 aromatic carbocycles. The fourth-order valence-electron chi connectivity index (χ4n) is 3.54. The van der Waals surface area contributed by atoms with Crippen molar-refractivity contribution in [1.29, 1.82) is 0 Å². The van der Waals surface area contributed by atoms with Crippen molar-refractivity contribution < 1.29 is 5.11 Å². The topological polar surface area (TPSA) is 20.2 Å². The summed E-state index contributed by atoms with van der Waals surface area (Å²) in [6, 6.07) is 23.5. The van der Waals surface area contributed by atoms with Crippen molar-refractivity contribution in [3.05, 3.63) is 72.3 Å². The van der Waals surface area contributed by atoms with Gasteiger partial charge in [-0.3, -0.25) is 0 Å². The van der Waals surface area contributed by atoms with Crippen molar-refractivity contribution in [1.82, 2.24) is 0 Å². The fraction of sp³-hybridized carbons (Fsp3) is 0.0476. The van der Waals surface area contributed by atoms with Gasteiger partial charge < -0.3 is 5.11 Å². The molecule has 1 N–H and O–H groups in total. The van der Waals surface area contributed by atoms with Gasteiger partial charge in [-0.25, -0.2) is 0 Å². The molecule has 5 rings (SSSR count). The Balaban J connectivity index is 2.11. The molecule has 0 bridgehead atoms. The largest absolute Gasteiger partial charge is 0.392 e. The minimum Gasteiger partial charge on any atom is -0.392 e. The van der Waals surface area contributed by atoms with Crippen LogP contribution in [0.5, 0.6) is 0 Å². The standard InChI is InChI=1S/C21H14OS/c22-12-15-11-14-6-2-3-7-16(14)19-18-10-9-13-5-1-4-8-17(13)21(18)23-20(15)19/h1-11,22H,12H2. The highest BCUT2D eigenvalue weighted by molar-refractivity contribution is 7.27. The summed E-state index contributed by atoms with van der Waals surface area (Å²) in [6.45, 7) is 0.0755. The molecular weight excluding hydrogens is 300 g/mol. The van der Waals surface area contributed by atoms with Crippen molar-refractivity contribution in [2.24, 2.45) is 0 Å². The lowest BCUT2D eigenvalue weighted by molar-refractivity contribution is 0.283. The molecule has 0 aliphatic rings. The first-order valence-electron chi connectivity index (χ1n) is 7.72. The first-order valence-corrected chi connectivity index (χ1v) is 8.54. The molecule has 0 aliphatic heterocycles. The number of rotatable bonds is 1. The Hall–Kier alpha value is -2.42. The van der Waals surface area contributed by atoms with Crippen LogP contribution in [0, 0.1) is 0 Å². The number of hydrogen-bond donors (Lipinski definition) is 1. The van der Waals surface area contributed by atoms with Gasteiger partial charge in [0.2, 0.25) is 0 Å². The van der Waals surface area contributed by atoms with Gasteiger partial charge in [-0.15, -0.1) is 11.3 Å². The Morgan fingerprint density at radius 1 is 0.696 bits per heavy atom. The lowest BCUT2D eigenvalue weighted by Crippen LogP contribution is -1.84. The maximum atomic E-state index is 9.84. The lowest BCUT2D eigenvalue weighted by Gasteiger charge is -2.05. The third-order valence-corrected chi connectivity index (χ3v) is 5.92. The number of aliphatic hydroxyl groups is 1. The van der Waals surface area contributed by atoms with Gasteiger partial charge in [0.25, 0.3) is 0 Å². The van der Waals surface area contributed by atoms with Crippen molar-refractivity contribution in [3.8, 4) is 0 Å². The van der Waals surface area contributed by atoms with Gasteiger partial charge in [0.05, 0.1) is 6.61 Å². The van der Waals surface area contributed by atoms with Crippen LogP contribution in [0.2, 0.25) is 0 Å². The van der Waals surface area contributed by atoms with Gasteiger partial charge in [-0.1, -0.05) is 60.7 Å². The van der Waals surface area contributed by atoms with E-state index in [1.165, 1.54) is 41.7 Å². The summed E-state index contributed by atoms with van der Waals surface area (Å²) in [7, 11) is 0. The van der Waals surface area contributed by atoms with Gasteiger partial charge in [0.15, 0.2) is 0 Å². The zero-order valence-electron chi connectivity index (χ0n) is 12.4. The average Bonchev–Trinajstić information content (AvgIpc) is 3.01. The number of hydrogen-bond acceptors (Lipinski definition) is 2. The van der Waals surface area contributed by atoms with Crippen LogP contribution in [0.4, 0.5) is 0 Å². The highest BCUT2D eigenvalue weighted by atomic mass is 32.1. The number of thiophene rings is 1. The van der Waals surface area contributed by atoms with E-state index < -0.39 is 0 Å². The minimum atomic E-state index is 0.0755. The Morgan fingerprint density at radius 2 is 1.43 bits per heavy atom. The Bertz CT molecular complexity index is 1200. The second kappa shape index (κ2) is 4.79. The quantitative estimate of drug-likeness (QED) is 0.411. The fourth-order valence-corrected chi connectivity index (χ4v) is 4.90. The number of benzene rings is 4. The molecule has 2 heteroatoms. The van der Waals surface area contributed by atoms with E-state index in [0.717, 1.165) is 5.56 Å². The molecule has 0 spiro atoms. The molecular formula is C21H14OS. The van der Waals surface area contributed by atoms with E-state index in [1.54, 1.807) is 11.3 Å². The maximum Gasteiger partial charge on any atom is 0.0696 e. The van der Waals surface area contributed by atoms with E-state index in [0.29, 0.717) is 0 Å². The van der Waals surface area contributed by atoms with Crippen LogP contribution in [-0.4, -0.2) is 5.11 Å². The smallest absolute Gasteiger partial charge is 0.0696 e. The zero-order chi connectivity index (χ0) is 15.4. The zero-order valence-corrected chi connectivity index (χ0v) is 13.2. The molecule has 1 aromatic heterocycles. The van der Waals surface area contributed by atoms with E-state index >= 15 is 0 Å². The molecule has 0 amide bonds. The highest BCUT2D eigenvalue weighted by Crippen LogP contribution is 2.43. The molecule has 110 valence electrons. The second-order valence-corrected chi connectivity index (χ2v) is 6.91. The monoisotopic (exact) mass is 314 g/mol. The Kier molecular flexibility index (Phi) is 2.72. The molecule has 0 fully saturated rings. The van der Waals surface area contributed by atoms with E-state index in [-0.39, 0.29) is 6.61 Å². The summed E-state index contributed by atoms with van der Waals surface area (Å²) in [5.74, 6) is 0. The first-order chi connectivity index (χ1) is 11.4. The van der Waals surface area contributed by atoms with Gasteiger partial charge >= 0.3 is 0 Å².